The number of carbonyl (C=O) groups is 1. The van der Waals surface area contributed by atoms with Crippen molar-refractivity contribution in [1.29, 1.82) is 0 Å². The molecule has 0 fully saturated rings. The number of aromatic amines is 1. The molecule has 0 spiro atoms. The Morgan fingerprint density at radius 2 is 1.95 bits per heavy atom. The van der Waals surface area contributed by atoms with Gasteiger partial charge < -0.3 is 24.7 Å². The van der Waals surface area contributed by atoms with Crippen LogP contribution in [0.15, 0.2) is 59.7 Å². The molecule has 9 nitrogen and oxygen atoms in total. The molecule has 9 heteroatoms. The number of benzene rings is 1. The zero-order valence-corrected chi connectivity index (χ0v) is 23.6. The molecule has 1 amide bonds. The van der Waals surface area contributed by atoms with Crippen molar-refractivity contribution in [3.05, 3.63) is 93.4 Å². The third-order valence-electron chi connectivity index (χ3n) is 7.32. The molecule has 2 N–H and O–H groups in total. The minimum absolute atomic E-state index is 0.162. The zero-order valence-electron chi connectivity index (χ0n) is 23.6. The Kier molecular flexibility index (Phi) is 11.2. The fraction of sp³-hybridized carbons (Fsp3) is 0.484. The smallest absolute Gasteiger partial charge is 0.410 e. The zero-order chi connectivity index (χ0) is 28.2. The van der Waals surface area contributed by atoms with Crippen LogP contribution in [0.5, 0.6) is 0 Å². The van der Waals surface area contributed by atoms with Gasteiger partial charge in [-0.1, -0.05) is 50.2 Å². The van der Waals surface area contributed by atoms with Crippen molar-refractivity contribution in [2.24, 2.45) is 11.8 Å². The quantitative estimate of drug-likeness (QED) is 0.290. The molecule has 0 aliphatic carbocycles. The van der Waals surface area contributed by atoms with E-state index >= 15 is 0 Å². The molecule has 1 aromatic carbocycles. The van der Waals surface area contributed by atoms with Crippen LogP contribution in [0, 0.1) is 11.8 Å². The summed E-state index contributed by atoms with van der Waals surface area (Å²) in [4.78, 5) is 39.0. The molecular weight excluding hydrogens is 506 g/mol. The van der Waals surface area contributed by atoms with Crippen LogP contribution < -0.4 is 10.9 Å². The van der Waals surface area contributed by atoms with Crippen molar-refractivity contribution in [3.63, 3.8) is 0 Å². The molecule has 0 saturated carbocycles. The maximum atomic E-state index is 13.0. The number of nitrogens with zero attached hydrogens (tertiary/aromatic N) is 3. The number of aromatic nitrogens is 3. The predicted molar refractivity (Wildman–Crippen MR) is 154 cm³/mol. The highest BCUT2D eigenvalue weighted by Gasteiger charge is 2.26. The van der Waals surface area contributed by atoms with Gasteiger partial charge in [-0.3, -0.25) is 9.78 Å². The lowest BCUT2D eigenvalue weighted by Crippen LogP contribution is -2.40. The van der Waals surface area contributed by atoms with E-state index in [0.717, 1.165) is 55.0 Å². The Hall–Kier alpha value is -3.56. The minimum atomic E-state index is -0.413. The number of hydrogen-bond acceptors (Lipinski definition) is 7. The highest BCUT2D eigenvalue weighted by molar-refractivity contribution is 5.68. The molecule has 1 unspecified atom stereocenters. The van der Waals surface area contributed by atoms with Gasteiger partial charge in [-0.2, -0.15) is 0 Å². The van der Waals surface area contributed by atoms with Crippen LogP contribution in [0.3, 0.4) is 0 Å². The van der Waals surface area contributed by atoms with Crippen LogP contribution in [0.25, 0.3) is 0 Å². The molecule has 3 heterocycles. The predicted octanol–water partition coefficient (Wildman–Crippen LogP) is 4.26. The third kappa shape index (κ3) is 8.99. The van der Waals surface area contributed by atoms with Gasteiger partial charge in [0.2, 0.25) is 0 Å². The van der Waals surface area contributed by atoms with Crippen molar-refractivity contribution in [3.8, 4) is 0 Å². The molecule has 0 radical (unpaired) electrons. The van der Waals surface area contributed by atoms with E-state index < -0.39 is 6.09 Å². The normalized spacial score (nSPS) is 13.7. The number of ether oxygens (including phenoxy) is 2. The van der Waals surface area contributed by atoms with Crippen LogP contribution in [0.1, 0.15) is 54.9 Å². The van der Waals surface area contributed by atoms with E-state index in [1.54, 1.807) is 11.1 Å². The summed E-state index contributed by atoms with van der Waals surface area (Å²) in [5.41, 5.74) is 3.27. The lowest BCUT2D eigenvalue weighted by Gasteiger charge is -2.27. The SMILES string of the molecule is CC(C)C(CCCOCCNCc1cccnc1)Cc1nc2c(c(=O)[nH]1)CN(C(=O)OCc1ccccc1)CC2. The van der Waals surface area contributed by atoms with Crippen molar-refractivity contribution in [1.82, 2.24) is 25.2 Å². The second kappa shape index (κ2) is 15.3. The average molecular weight is 548 g/mol. The molecule has 1 aliphatic heterocycles. The maximum absolute atomic E-state index is 13.0. The minimum Gasteiger partial charge on any atom is -0.445 e. The summed E-state index contributed by atoms with van der Waals surface area (Å²) in [5.74, 6) is 1.57. The molecule has 0 saturated heterocycles. The average Bonchev–Trinajstić information content (AvgIpc) is 2.97. The number of hydrogen-bond donors (Lipinski definition) is 2. The molecule has 2 aromatic heterocycles. The Balaban J connectivity index is 1.20. The van der Waals surface area contributed by atoms with Crippen molar-refractivity contribution >= 4 is 6.09 Å². The topological polar surface area (TPSA) is 109 Å². The Morgan fingerprint density at radius 1 is 1.12 bits per heavy atom. The fourth-order valence-corrected chi connectivity index (χ4v) is 4.89. The molecule has 0 bridgehead atoms. The molecule has 4 rings (SSSR count). The van der Waals surface area contributed by atoms with E-state index in [1.807, 2.05) is 42.6 Å². The fourth-order valence-electron chi connectivity index (χ4n) is 4.89. The summed E-state index contributed by atoms with van der Waals surface area (Å²) < 4.78 is 11.3. The summed E-state index contributed by atoms with van der Waals surface area (Å²) in [6.45, 7) is 8.30. The lowest BCUT2D eigenvalue weighted by atomic mass is 9.88. The second-order valence-electron chi connectivity index (χ2n) is 10.7. The van der Waals surface area contributed by atoms with E-state index in [4.69, 9.17) is 14.5 Å². The first-order valence-electron chi connectivity index (χ1n) is 14.2. The van der Waals surface area contributed by atoms with Gasteiger partial charge in [0, 0.05) is 51.5 Å². The monoisotopic (exact) mass is 547 g/mol. The summed E-state index contributed by atoms with van der Waals surface area (Å²) in [7, 11) is 0. The number of carbonyl (C=O) groups excluding carboxylic acids is 1. The Bertz CT molecular complexity index is 1250. The van der Waals surface area contributed by atoms with Gasteiger partial charge in [0.1, 0.15) is 12.4 Å². The summed E-state index contributed by atoms with van der Waals surface area (Å²) in [5, 5.41) is 3.37. The number of pyridine rings is 1. The van der Waals surface area contributed by atoms with Crippen molar-refractivity contribution in [2.45, 2.75) is 59.2 Å². The van der Waals surface area contributed by atoms with Gasteiger partial charge in [0.05, 0.1) is 24.4 Å². The van der Waals surface area contributed by atoms with Gasteiger partial charge in [0.15, 0.2) is 0 Å². The first-order valence-corrected chi connectivity index (χ1v) is 14.2. The molecule has 1 aliphatic rings. The first-order chi connectivity index (χ1) is 19.5. The van der Waals surface area contributed by atoms with Crippen LogP contribution in [-0.4, -0.2) is 52.2 Å². The number of fused-ring (bicyclic) bond motifs is 1. The van der Waals surface area contributed by atoms with Crippen molar-refractivity contribution in [2.75, 3.05) is 26.3 Å². The maximum Gasteiger partial charge on any atom is 0.410 e. The van der Waals surface area contributed by atoms with Crippen molar-refractivity contribution < 1.29 is 14.3 Å². The molecule has 40 heavy (non-hydrogen) atoms. The summed E-state index contributed by atoms with van der Waals surface area (Å²) >= 11 is 0. The number of amides is 1. The van der Waals surface area contributed by atoms with Gasteiger partial charge in [0.25, 0.3) is 5.56 Å². The van der Waals surface area contributed by atoms with E-state index in [1.165, 1.54) is 0 Å². The first kappa shape index (κ1) is 29.4. The van der Waals surface area contributed by atoms with Crippen LogP contribution >= 0.6 is 0 Å². The van der Waals surface area contributed by atoms with Gasteiger partial charge in [-0.15, -0.1) is 0 Å². The molecule has 3 aromatic rings. The highest BCUT2D eigenvalue weighted by atomic mass is 16.6. The largest absolute Gasteiger partial charge is 0.445 e. The molecule has 214 valence electrons. The Morgan fingerprint density at radius 3 is 2.73 bits per heavy atom. The van der Waals surface area contributed by atoms with Gasteiger partial charge >= 0.3 is 6.09 Å². The van der Waals surface area contributed by atoms with Crippen LogP contribution in [0.4, 0.5) is 4.79 Å². The van der Waals surface area contributed by atoms with Gasteiger partial charge in [-0.25, -0.2) is 9.78 Å². The standard InChI is InChI=1S/C31H41N5O4/c1-23(2)26(11-7-16-39-17-14-33-20-25-10-6-13-32-19-25)18-29-34-28-12-15-36(21-27(28)30(37)35-29)31(38)40-22-24-8-4-3-5-9-24/h3-6,8-10,13,19,23,26,33H,7,11-12,14-18,20-22H2,1-2H3,(H,34,35,37). The van der Waals surface area contributed by atoms with Crippen LogP contribution in [-0.2, 0) is 42.0 Å². The third-order valence-corrected chi connectivity index (χ3v) is 7.32. The number of nitrogens with one attached hydrogen (secondary N) is 2. The van der Waals surface area contributed by atoms with Crippen LogP contribution in [0.2, 0.25) is 0 Å². The van der Waals surface area contributed by atoms with E-state index in [-0.39, 0.29) is 18.7 Å². The highest BCUT2D eigenvalue weighted by Crippen LogP contribution is 2.22. The lowest BCUT2D eigenvalue weighted by molar-refractivity contribution is 0.0913. The number of rotatable bonds is 14. The Labute approximate surface area is 236 Å². The second-order valence-corrected chi connectivity index (χ2v) is 10.7. The summed E-state index contributed by atoms with van der Waals surface area (Å²) in [6, 6.07) is 13.6. The van der Waals surface area contributed by atoms with E-state index in [0.29, 0.717) is 43.6 Å². The van der Waals surface area contributed by atoms with Gasteiger partial charge in [-0.05, 0) is 41.9 Å². The van der Waals surface area contributed by atoms with E-state index in [2.05, 4.69) is 35.2 Å². The molecular formula is C31H41N5O4. The molecule has 1 atom stereocenters. The summed E-state index contributed by atoms with van der Waals surface area (Å²) in [6.07, 6.45) is 6.45. The van der Waals surface area contributed by atoms with E-state index in [9.17, 15) is 9.59 Å². The number of H-pyrrole nitrogens is 1.